The van der Waals surface area contributed by atoms with Gasteiger partial charge in [0.2, 0.25) is 5.91 Å². The molecule has 1 aliphatic carbocycles. The highest BCUT2D eigenvalue weighted by Gasteiger charge is 2.43. The van der Waals surface area contributed by atoms with Crippen molar-refractivity contribution in [3.05, 3.63) is 78.7 Å². The number of amides is 1. The molecule has 36 heavy (non-hydrogen) atoms. The number of fused-ring (bicyclic) bond motifs is 2. The highest BCUT2D eigenvalue weighted by molar-refractivity contribution is 6.35. The Morgan fingerprint density at radius 2 is 1.69 bits per heavy atom. The summed E-state index contributed by atoms with van der Waals surface area (Å²) in [5.41, 5.74) is 8.86. The van der Waals surface area contributed by atoms with Crippen LogP contribution in [0, 0.1) is 11.8 Å². The number of rotatable bonds is 5. The number of halogens is 1. The average Bonchev–Trinajstić information content (AvgIpc) is 3.55. The van der Waals surface area contributed by atoms with Crippen LogP contribution in [0.1, 0.15) is 18.9 Å². The van der Waals surface area contributed by atoms with Crippen LogP contribution >= 0.6 is 11.6 Å². The number of ether oxygens (including phenoxy) is 1. The van der Waals surface area contributed by atoms with E-state index in [0.717, 1.165) is 59.6 Å². The maximum Gasteiger partial charge on any atom is 0.245 e. The number of nitrogens with two attached hydrogens (primary N) is 1. The second-order valence-electron chi connectivity index (χ2n) is 9.53. The molecule has 2 N–H and O–H groups in total. The fourth-order valence-electron chi connectivity index (χ4n) is 5.83. The van der Waals surface area contributed by atoms with E-state index in [2.05, 4.69) is 21.1 Å². The first-order chi connectivity index (χ1) is 17.5. The Morgan fingerprint density at radius 1 is 1.03 bits per heavy atom. The standard InChI is InChI=1S/C28H26ClN5O2/c1-2-23(35)33-14-18-12-20(13-19(18)15-33)34-26(29)24(25-27(30)31-16-32-28(25)34)17-8-10-22(11-9-17)36-21-6-4-3-5-7-21/h2-11,16,18-20H,1,12-15H2,(H2,30,31,32). The third-order valence-corrected chi connectivity index (χ3v) is 7.82. The molecule has 0 bridgehead atoms. The maximum absolute atomic E-state index is 12.1. The lowest BCUT2D eigenvalue weighted by molar-refractivity contribution is -0.125. The third kappa shape index (κ3) is 3.80. The topological polar surface area (TPSA) is 86.3 Å². The van der Waals surface area contributed by atoms with Gasteiger partial charge in [0, 0.05) is 24.7 Å². The van der Waals surface area contributed by atoms with Crippen molar-refractivity contribution in [2.24, 2.45) is 11.8 Å². The first-order valence-electron chi connectivity index (χ1n) is 12.1. The van der Waals surface area contributed by atoms with Gasteiger partial charge < -0.3 is 19.9 Å². The summed E-state index contributed by atoms with van der Waals surface area (Å²) in [6.45, 7) is 5.15. The number of nitrogens with zero attached hydrogens (tertiary/aromatic N) is 4. The molecule has 6 rings (SSSR count). The van der Waals surface area contributed by atoms with Gasteiger partial charge in [-0.1, -0.05) is 48.5 Å². The van der Waals surface area contributed by atoms with Crippen molar-refractivity contribution in [1.29, 1.82) is 0 Å². The summed E-state index contributed by atoms with van der Waals surface area (Å²) in [7, 11) is 0. The number of hydrogen-bond donors (Lipinski definition) is 1. The minimum absolute atomic E-state index is 0.00730. The Labute approximate surface area is 214 Å². The summed E-state index contributed by atoms with van der Waals surface area (Å²) >= 11 is 7.10. The fraction of sp³-hybridized carbons (Fsp3) is 0.250. The van der Waals surface area contributed by atoms with E-state index in [9.17, 15) is 4.79 Å². The molecule has 0 radical (unpaired) electrons. The Balaban J connectivity index is 1.34. The van der Waals surface area contributed by atoms with Crippen LogP contribution in [0.2, 0.25) is 5.15 Å². The molecule has 1 saturated carbocycles. The summed E-state index contributed by atoms with van der Waals surface area (Å²) in [5, 5.41) is 1.37. The summed E-state index contributed by atoms with van der Waals surface area (Å²) in [6, 6.07) is 17.7. The lowest BCUT2D eigenvalue weighted by Gasteiger charge is -2.20. The molecule has 2 aromatic carbocycles. The highest BCUT2D eigenvalue weighted by atomic mass is 35.5. The van der Waals surface area contributed by atoms with E-state index in [1.54, 1.807) is 0 Å². The van der Waals surface area contributed by atoms with Crippen molar-refractivity contribution in [3.8, 4) is 22.6 Å². The van der Waals surface area contributed by atoms with Crippen molar-refractivity contribution in [2.75, 3.05) is 18.8 Å². The van der Waals surface area contributed by atoms with E-state index in [1.807, 2.05) is 59.5 Å². The zero-order chi connectivity index (χ0) is 24.8. The minimum Gasteiger partial charge on any atom is -0.457 e. The molecule has 2 aliphatic rings. The molecule has 1 amide bonds. The average molecular weight is 500 g/mol. The molecule has 4 aromatic rings. The van der Waals surface area contributed by atoms with Gasteiger partial charge >= 0.3 is 0 Å². The molecule has 2 aromatic heterocycles. The Hall–Kier alpha value is -3.84. The van der Waals surface area contributed by atoms with Crippen LogP contribution in [0.15, 0.2) is 73.6 Å². The molecule has 7 nitrogen and oxygen atoms in total. The number of anilines is 1. The number of nitrogen functional groups attached to an aromatic ring is 1. The second-order valence-corrected chi connectivity index (χ2v) is 9.88. The zero-order valence-electron chi connectivity index (χ0n) is 19.7. The monoisotopic (exact) mass is 499 g/mol. The van der Waals surface area contributed by atoms with Gasteiger partial charge in [-0.3, -0.25) is 4.79 Å². The number of para-hydroxylation sites is 1. The summed E-state index contributed by atoms with van der Waals surface area (Å²) in [6.07, 6.45) is 4.76. The quantitative estimate of drug-likeness (QED) is 0.355. The number of carbonyl (C=O) groups excluding carboxylic acids is 1. The van der Waals surface area contributed by atoms with Crippen LogP contribution in [0.3, 0.4) is 0 Å². The van der Waals surface area contributed by atoms with Gasteiger partial charge in [0.25, 0.3) is 0 Å². The molecule has 2 unspecified atom stereocenters. The van der Waals surface area contributed by atoms with E-state index in [0.29, 0.717) is 22.8 Å². The van der Waals surface area contributed by atoms with Gasteiger partial charge in [-0.25, -0.2) is 9.97 Å². The van der Waals surface area contributed by atoms with Crippen LogP contribution in [0.5, 0.6) is 11.5 Å². The fourth-order valence-corrected chi connectivity index (χ4v) is 6.25. The number of aromatic nitrogens is 3. The Bertz CT molecular complexity index is 1440. The number of hydrogen-bond acceptors (Lipinski definition) is 5. The normalized spacial score (nSPS) is 21.0. The molecular weight excluding hydrogens is 474 g/mol. The van der Waals surface area contributed by atoms with Gasteiger partial charge in [-0.05, 0) is 60.6 Å². The molecule has 8 heteroatoms. The third-order valence-electron chi connectivity index (χ3n) is 7.45. The molecule has 0 spiro atoms. The van der Waals surface area contributed by atoms with Crippen LogP contribution in [-0.4, -0.2) is 38.4 Å². The van der Waals surface area contributed by atoms with Crippen molar-refractivity contribution < 1.29 is 9.53 Å². The van der Waals surface area contributed by atoms with E-state index in [1.165, 1.54) is 12.4 Å². The first kappa shape index (κ1) is 22.6. The summed E-state index contributed by atoms with van der Waals surface area (Å²) in [5.74, 6) is 2.79. The maximum atomic E-state index is 12.1. The smallest absolute Gasteiger partial charge is 0.245 e. The van der Waals surface area contributed by atoms with E-state index in [4.69, 9.17) is 22.1 Å². The SMILES string of the molecule is C=CC(=O)N1CC2CC(n3c(Cl)c(-c4ccc(Oc5ccccc5)cc4)c4c(N)ncnc43)CC2C1. The Morgan fingerprint density at radius 3 is 2.36 bits per heavy atom. The van der Waals surface area contributed by atoms with Gasteiger partial charge in [0.1, 0.15) is 34.4 Å². The first-order valence-corrected chi connectivity index (χ1v) is 12.5. The molecule has 182 valence electrons. The molecule has 3 heterocycles. The van der Waals surface area contributed by atoms with Crippen molar-refractivity contribution in [1.82, 2.24) is 19.4 Å². The predicted molar refractivity (Wildman–Crippen MR) is 141 cm³/mol. The van der Waals surface area contributed by atoms with E-state index < -0.39 is 0 Å². The van der Waals surface area contributed by atoms with Gasteiger partial charge in [0.15, 0.2) is 0 Å². The molecule has 1 aliphatic heterocycles. The van der Waals surface area contributed by atoms with Gasteiger partial charge in [0.05, 0.1) is 5.39 Å². The Kier molecular flexibility index (Phi) is 5.64. The van der Waals surface area contributed by atoms with Crippen LogP contribution < -0.4 is 10.5 Å². The number of benzene rings is 2. The van der Waals surface area contributed by atoms with Crippen molar-refractivity contribution >= 4 is 34.4 Å². The summed E-state index contributed by atoms with van der Waals surface area (Å²) in [4.78, 5) is 22.9. The van der Waals surface area contributed by atoms with E-state index in [-0.39, 0.29) is 11.9 Å². The molecule has 2 atom stereocenters. The second kappa shape index (κ2) is 8.99. The molecule has 1 saturated heterocycles. The van der Waals surface area contributed by atoms with Crippen molar-refractivity contribution in [2.45, 2.75) is 18.9 Å². The largest absolute Gasteiger partial charge is 0.457 e. The lowest BCUT2D eigenvalue weighted by atomic mass is 10.0. The minimum atomic E-state index is 0.00730. The van der Waals surface area contributed by atoms with Gasteiger partial charge in [-0.15, -0.1) is 0 Å². The van der Waals surface area contributed by atoms with Crippen molar-refractivity contribution in [3.63, 3.8) is 0 Å². The van der Waals surface area contributed by atoms with Crippen LogP contribution in [-0.2, 0) is 4.79 Å². The molecular formula is C28H26ClN5O2. The van der Waals surface area contributed by atoms with Crippen LogP contribution in [0.4, 0.5) is 5.82 Å². The van der Waals surface area contributed by atoms with E-state index >= 15 is 0 Å². The molecule has 2 fully saturated rings. The highest BCUT2D eigenvalue weighted by Crippen LogP contribution is 2.49. The lowest BCUT2D eigenvalue weighted by Crippen LogP contribution is -2.28. The number of carbonyl (C=O) groups is 1. The number of likely N-dealkylation sites (tertiary alicyclic amines) is 1. The zero-order valence-corrected chi connectivity index (χ0v) is 20.4. The van der Waals surface area contributed by atoms with Gasteiger partial charge in [-0.2, -0.15) is 0 Å². The predicted octanol–water partition coefficient (Wildman–Crippen LogP) is 5.72. The summed E-state index contributed by atoms with van der Waals surface area (Å²) < 4.78 is 8.07. The van der Waals surface area contributed by atoms with Crippen LogP contribution in [0.25, 0.3) is 22.2 Å².